The molecular weight excluding hydrogens is 336 g/mol. The van der Waals surface area contributed by atoms with Crippen molar-refractivity contribution in [3.63, 3.8) is 0 Å². The average molecular weight is 359 g/mol. The zero-order valence-corrected chi connectivity index (χ0v) is 14.5. The van der Waals surface area contributed by atoms with E-state index in [9.17, 15) is 19.8 Å². The predicted molar refractivity (Wildman–Crippen MR) is 89.8 cm³/mol. The van der Waals surface area contributed by atoms with Gasteiger partial charge in [-0.2, -0.15) is 0 Å². The standard InChI is InChI=1S/C16H22N2O5.ClH/c1-10(18-14(21)5-6-15(18)22)23-9-16(2,17)8-11-3-4-12(19)13(20)7-11;/h3-4,7,10,19-20H,5-6,8-9,17H2,1-2H3;1H/t10?,16-;/m0./s1. The third-order valence-corrected chi connectivity index (χ3v) is 3.76. The Morgan fingerprint density at radius 1 is 1.25 bits per heavy atom. The molecule has 1 saturated heterocycles. The zero-order valence-electron chi connectivity index (χ0n) is 13.7. The number of nitrogens with zero attached hydrogens (tertiary/aromatic N) is 1. The Hall–Kier alpha value is -1.83. The second-order valence-electron chi connectivity index (χ2n) is 6.22. The number of nitrogens with two attached hydrogens (primary N) is 1. The van der Waals surface area contributed by atoms with E-state index >= 15 is 0 Å². The van der Waals surface area contributed by atoms with Crippen LogP contribution in [-0.4, -0.2) is 45.3 Å². The van der Waals surface area contributed by atoms with Crippen molar-refractivity contribution < 1.29 is 24.5 Å². The van der Waals surface area contributed by atoms with E-state index < -0.39 is 11.8 Å². The molecule has 134 valence electrons. The Morgan fingerprint density at radius 2 is 1.83 bits per heavy atom. The number of imide groups is 1. The summed E-state index contributed by atoms with van der Waals surface area (Å²) in [7, 11) is 0. The summed E-state index contributed by atoms with van der Waals surface area (Å²) in [5, 5.41) is 18.8. The number of hydrogen-bond donors (Lipinski definition) is 3. The molecule has 0 bridgehead atoms. The summed E-state index contributed by atoms with van der Waals surface area (Å²) in [4.78, 5) is 24.4. The second kappa shape index (κ2) is 7.83. The first kappa shape index (κ1) is 20.2. The number of halogens is 1. The molecular formula is C16H23ClN2O5. The Morgan fingerprint density at radius 3 is 2.38 bits per heavy atom. The number of aromatic hydroxyl groups is 2. The first-order valence-electron chi connectivity index (χ1n) is 7.46. The lowest BCUT2D eigenvalue weighted by molar-refractivity contribution is -0.153. The van der Waals surface area contributed by atoms with Crippen LogP contribution in [0.3, 0.4) is 0 Å². The topological polar surface area (TPSA) is 113 Å². The minimum absolute atomic E-state index is 0. The fourth-order valence-electron chi connectivity index (χ4n) is 2.58. The monoisotopic (exact) mass is 358 g/mol. The van der Waals surface area contributed by atoms with E-state index in [1.807, 2.05) is 0 Å². The van der Waals surface area contributed by atoms with Gasteiger partial charge < -0.3 is 20.7 Å². The SMILES string of the molecule is CC(OC[C@@](C)(N)Cc1ccc(O)c(O)c1)N1C(=O)CCC1=O.Cl. The van der Waals surface area contributed by atoms with E-state index in [2.05, 4.69) is 0 Å². The largest absolute Gasteiger partial charge is 0.504 e. The van der Waals surface area contributed by atoms with Crippen molar-refractivity contribution in [1.82, 2.24) is 4.90 Å². The number of benzene rings is 1. The van der Waals surface area contributed by atoms with Crippen LogP contribution < -0.4 is 5.73 Å². The van der Waals surface area contributed by atoms with Crippen LogP contribution in [0.2, 0.25) is 0 Å². The molecule has 1 unspecified atom stereocenters. The fraction of sp³-hybridized carbons (Fsp3) is 0.500. The Bertz CT molecular complexity index is 604. The number of rotatable bonds is 6. The average Bonchev–Trinajstić information content (AvgIpc) is 2.79. The van der Waals surface area contributed by atoms with Crippen LogP contribution in [-0.2, 0) is 20.7 Å². The predicted octanol–water partition coefficient (Wildman–Crippen LogP) is 1.29. The summed E-state index contributed by atoms with van der Waals surface area (Å²) in [5.41, 5.74) is 6.18. The summed E-state index contributed by atoms with van der Waals surface area (Å²) < 4.78 is 5.61. The van der Waals surface area contributed by atoms with Gasteiger partial charge in [0.15, 0.2) is 11.5 Å². The molecule has 1 aromatic rings. The van der Waals surface area contributed by atoms with Crippen LogP contribution in [0, 0.1) is 0 Å². The number of phenols is 2. The third-order valence-electron chi connectivity index (χ3n) is 3.76. The van der Waals surface area contributed by atoms with E-state index in [1.54, 1.807) is 19.9 Å². The van der Waals surface area contributed by atoms with Gasteiger partial charge in [0.1, 0.15) is 6.23 Å². The van der Waals surface area contributed by atoms with Gasteiger partial charge in [0, 0.05) is 18.4 Å². The van der Waals surface area contributed by atoms with Gasteiger partial charge in [-0.05, 0) is 38.0 Å². The van der Waals surface area contributed by atoms with Crippen molar-refractivity contribution >= 4 is 24.2 Å². The molecule has 0 spiro atoms. The summed E-state index contributed by atoms with van der Waals surface area (Å²) in [5.74, 6) is -0.862. The number of likely N-dealkylation sites (tertiary alicyclic amines) is 1. The smallest absolute Gasteiger partial charge is 0.231 e. The van der Waals surface area contributed by atoms with Crippen molar-refractivity contribution in [1.29, 1.82) is 0 Å². The number of ether oxygens (including phenoxy) is 1. The third kappa shape index (κ3) is 4.83. The van der Waals surface area contributed by atoms with E-state index in [-0.39, 0.29) is 55.2 Å². The lowest BCUT2D eigenvalue weighted by Gasteiger charge is -2.29. The first-order valence-corrected chi connectivity index (χ1v) is 7.46. The highest BCUT2D eigenvalue weighted by Crippen LogP contribution is 2.26. The van der Waals surface area contributed by atoms with Crippen LogP contribution in [0.25, 0.3) is 0 Å². The van der Waals surface area contributed by atoms with Gasteiger partial charge >= 0.3 is 0 Å². The molecule has 1 fully saturated rings. The van der Waals surface area contributed by atoms with Gasteiger partial charge in [0.05, 0.1) is 6.61 Å². The highest BCUT2D eigenvalue weighted by Gasteiger charge is 2.34. The van der Waals surface area contributed by atoms with Gasteiger partial charge in [0.2, 0.25) is 11.8 Å². The summed E-state index contributed by atoms with van der Waals surface area (Å²) in [6.07, 6.45) is 0.182. The van der Waals surface area contributed by atoms with Gasteiger partial charge in [-0.3, -0.25) is 14.5 Å². The molecule has 1 aliphatic rings. The lowest BCUT2D eigenvalue weighted by atomic mass is 9.94. The molecule has 2 atom stereocenters. The van der Waals surface area contributed by atoms with Crippen molar-refractivity contribution in [2.24, 2.45) is 5.73 Å². The second-order valence-corrected chi connectivity index (χ2v) is 6.22. The van der Waals surface area contributed by atoms with E-state index in [4.69, 9.17) is 10.5 Å². The molecule has 1 aliphatic heterocycles. The molecule has 0 aromatic heterocycles. The molecule has 4 N–H and O–H groups in total. The van der Waals surface area contributed by atoms with E-state index in [0.717, 1.165) is 10.5 Å². The van der Waals surface area contributed by atoms with Crippen molar-refractivity contribution in [2.45, 2.75) is 44.9 Å². The molecule has 0 aliphatic carbocycles. The van der Waals surface area contributed by atoms with Gasteiger partial charge in [0.25, 0.3) is 0 Å². The molecule has 2 rings (SSSR count). The molecule has 0 radical (unpaired) electrons. The zero-order chi connectivity index (χ0) is 17.2. The van der Waals surface area contributed by atoms with Crippen molar-refractivity contribution in [3.05, 3.63) is 23.8 Å². The normalized spacial score (nSPS) is 18.2. The van der Waals surface area contributed by atoms with Crippen LogP contribution in [0.5, 0.6) is 11.5 Å². The maximum absolute atomic E-state index is 11.7. The van der Waals surface area contributed by atoms with E-state index in [0.29, 0.717) is 6.42 Å². The van der Waals surface area contributed by atoms with E-state index in [1.165, 1.54) is 12.1 Å². The molecule has 1 aromatic carbocycles. The van der Waals surface area contributed by atoms with Crippen LogP contribution in [0.15, 0.2) is 18.2 Å². The maximum Gasteiger partial charge on any atom is 0.231 e. The Labute approximate surface area is 146 Å². The number of carbonyl (C=O) groups is 2. The maximum atomic E-state index is 11.7. The van der Waals surface area contributed by atoms with Crippen molar-refractivity contribution in [2.75, 3.05) is 6.61 Å². The number of carbonyl (C=O) groups excluding carboxylic acids is 2. The molecule has 0 saturated carbocycles. The quantitative estimate of drug-likeness (QED) is 0.521. The number of hydrogen-bond acceptors (Lipinski definition) is 6. The molecule has 8 heteroatoms. The molecule has 7 nitrogen and oxygen atoms in total. The van der Waals surface area contributed by atoms with Crippen LogP contribution in [0.4, 0.5) is 0 Å². The number of amides is 2. The number of phenolic OH excluding ortho intramolecular Hbond substituents is 2. The minimum atomic E-state index is -0.760. The van der Waals surface area contributed by atoms with Crippen molar-refractivity contribution in [3.8, 4) is 11.5 Å². The van der Waals surface area contributed by atoms with Gasteiger partial charge in [-0.25, -0.2) is 0 Å². The summed E-state index contributed by atoms with van der Waals surface area (Å²) in [6.45, 7) is 3.55. The first-order chi connectivity index (χ1) is 10.7. The Kier molecular flexibility index (Phi) is 6.59. The molecule has 24 heavy (non-hydrogen) atoms. The highest BCUT2D eigenvalue weighted by molar-refractivity contribution is 6.02. The fourth-order valence-corrected chi connectivity index (χ4v) is 2.58. The Balaban J connectivity index is 0.00000288. The van der Waals surface area contributed by atoms with Gasteiger partial charge in [-0.15, -0.1) is 12.4 Å². The molecule has 2 amide bonds. The molecule has 1 heterocycles. The minimum Gasteiger partial charge on any atom is -0.504 e. The summed E-state index contributed by atoms with van der Waals surface area (Å²) in [6, 6.07) is 4.50. The van der Waals surface area contributed by atoms with Crippen LogP contribution in [0.1, 0.15) is 32.3 Å². The summed E-state index contributed by atoms with van der Waals surface area (Å²) >= 11 is 0. The lowest BCUT2D eigenvalue weighted by Crippen LogP contribution is -2.47. The highest BCUT2D eigenvalue weighted by atomic mass is 35.5. The van der Waals surface area contributed by atoms with Crippen LogP contribution >= 0.6 is 12.4 Å². The van der Waals surface area contributed by atoms with Gasteiger partial charge in [-0.1, -0.05) is 6.07 Å².